The largest absolute Gasteiger partial charge is 0.480 e. The number of unbranched alkanes of at least 4 members (excludes halogenated alkanes) is 6. The van der Waals surface area contributed by atoms with E-state index < -0.39 is 5.97 Å². The summed E-state index contributed by atoms with van der Waals surface area (Å²) in [6.45, 7) is 2.55. The van der Waals surface area contributed by atoms with Gasteiger partial charge in [0.05, 0.1) is 0 Å². The van der Waals surface area contributed by atoms with Crippen molar-refractivity contribution in [3.05, 3.63) is 36.5 Å². The van der Waals surface area contributed by atoms with Gasteiger partial charge in [-0.3, -0.25) is 0 Å². The molecule has 0 saturated carbocycles. The summed E-state index contributed by atoms with van der Waals surface area (Å²) >= 11 is 0. The summed E-state index contributed by atoms with van der Waals surface area (Å²) in [6, 6.07) is 0. The molecule has 0 amide bonds. The second kappa shape index (κ2) is 18.7. The maximum absolute atomic E-state index is 10.2. The van der Waals surface area contributed by atoms with E-state index in [1.54, 1.807) is 0 Å². The van der Waals surface area contributed by atoms with Crippen molar-refractivity contribution >= 4 is 5.97 Å². The molecular weight excluding hydrogens is 288 g/mol. The molecule has 0 radical (unpaired) electrons. The third-order valence-electron chi connectivity index (χ3n) is 3.42. The summed E-state index contributed by atoms with van der Waals surface area (Å²) in [6.07, 6.45) is 24.9. The smallest absolute Gasteiger partial charge is 0.329 e. The third-order valence-corrected chi connectivity index (χ3v) is 3.42. The Kier molecular flexibility index (Phi) is 17.6. The second-order valence-electron chi connectivity index (χ2n) is 5.65. The SMILES string of the molecule is CC/C=C/C/C=C/C/C=C/CCCCCCCCOCC(=O)O. The van der Waals surface area contributed by atoms with Crippen LogP contribution in [0.5, 0.6) is 0 Å². The van der Waals surface area contributed by atoms with E-state index in [2.05, 4.69) is 43.4 Å². The second-order valence-corrected chi connectivity index (χ2v) is 5.65. The fraction of sp³-hybridized carbons (Fsp3) is 0.650. The number of carboxylic acids is 1. The fourth-order valence-corrected chi connectivity index (χ4v) is 2.16. The Morgan fingerprint density at radius 2 is 1.39 bits per heavy atom. The lowest BCUT2D eigenvalue weighted by Crippen LogP contribution is -2.07. The molecule has 0 saturated heterocycles. The number of carbonyl (C=O) groups is 1. The third kappa shape index (κ3) is 20.6. The summed E-state index contributed by atoms with van der Waals surface area (Å²) in [5, 5.41) is 8.41. The minimum absolute atomic E-state index is 0.170. The Labute approximate surface area is 142 Å². The summed E-state index contributed by atoms with van der Waals surface area (Å²) in [7, 11) is 0. The van der Waals surface area contributed by atoms with Crippen molar-refractivity contribution in [3.8, 4) is 0 Å². The van der Waals surface area contributed by atoms with E-state index in [-0.39, 0.29) is 6.61 Å². The molecule has 1 N–H and O–H groups in total. The number of aliphatic carboxylic acids is 1. The standard InChI is InChI=1S/C20H34O3/c1-2-3-4-5-6-7-8-9-10-11-12-13-14-15-16-17-18-23-19-20(21)22/h3-4,6-7,9-10H,2,5,8,11-19H2,1H3,(H,21,22)/b4-3+,7-6+,10-9+. The zero-order valence-corrected chi connectivity index (χ0v) is 14.7. The number of hydrogen-bond donors (Lipinski definition) is 1. The van der Waals surface area contributed by atoms with Crippen LogP contribution in [-0.4, -0.2) is 24.3 Å². The van der Waals surface area contributed by atoms with Crippen molar-refractivity contribution in [3.63, 3.8) is 0 Å². The molecule has 0 heterocycles. The average Bonchev–Trinajstić information content (AvgIpc) is 2.53. The van der Waals surface area contributed by atoms with E-state index in [0.717, 1.165) is 32.1 Å². The van der Waals surface area contributed by atoms with Crippen LogP contribution in [0.3, 0.4) is 0 Å². The zero-order valence-electron chi connectivity index (χ0n) is 14.7. The Bertz CT molecular complexity index is 343. The lowest BCUT2D eigenvalue weighted by Gasteiger charge is -2.01. The predicted octanol–water partition coefficient (Wildman–Crippen LogP) is 5.68. The van der Waals surface area contributed by atoms with Crippen LogP contribution in [0.4, 0.5) is 0 Å². The van der Waals surface area contributed by atoms with Gasteiger partial charge in [0.15, 0.2) is 0 Å². The van der Waals surface area contributed by atoms with Gasteiger partial charge < -0.3 is 9.84 Å². The van der Waals surface area contributed by atoms with Crippen LogP contribution in [0.2, 0.25) is 0 Å². The van der Waals surface area contributed by atoms with Crippen LogP contribution in [0.15, 0.2) is 36.5 Å². The highest BCUT2D eigenvalue weighted by atomic mass is 16.5. The van der Waals surface area contributed by atoms with Crippen molar-refractivity contribution in [1.82, 2.24) is 0 Å². The van der Waals surface area contributed by atoms with Gasteiger partial charge in [0.2, 0.25) is 0 Å². The molecule has 0 spiro atoms. The highest BCUT2D eigenvalue weighted by Crippen LogP contribution is 2.08. The number of allylic oxidation sites excluding steroid dienone is 6. The summed E-state index contributed by atoms with van der Waals surface area (Å²) < 4.78 is 5.00. The molecule has 0 unspecified atom stereocenters. The quantitative estimate of drug-likeness (QED) is 0.294. The molecule has 3 nitrogen and oxygen atoms in total. The topological polar surface area (TPSA) is 46.5 Å². The van der Waals surface area contributed by atoms with E-state index in [1.165, 1.54) is 32.1 Å². The van der Waals surface area contributed by atoms with Gasteiger partial charge in [0, 0.05) is 6.61 Å². The Morgan fingerprint density at radius 3 is 2.04 bits per heavy atom. The summed E-state index contributed by atoms with van der Waals surface area (Å²) in [4.78, 5) is 10.2. The number of hydrogen-bond acceptors (Lipinski definition) is 2. The van der Waals surface area contributed by atoms with E-state index in [1.807, 2.05) is 0 Å². The molecule has 0 atom stereocenters. The van der Waals surface area contributed by atoms with Crippen LogP contribution in [-0.2, 0) is 9.53 Å². The van der Waals surface area contributed by atoms with Crippen LogP contribution < -0.4 is 0 Å². The molecule has 132 valence electrons. The number of carboxylic acid groups (broad SMARTS) is 1. The van der Waals surface area contributed by atoms with Crippen LogP contribution >= 0.6 is 0 Å². The maximum atomic E-state index is 10.2. The van der Waals surface area contributed by atoms with Gasteiger partial charge in [0.25, 0.3) is 0 Å². The molecular formula is C20H34O3. The normalized spacial score (nSPS) is 12.0. The van der Waals surface area contributed by atoms with Crippen molar-refractivity contribution in [2.75, 3.05) is 13.2 Å². The van der Waals surface area contributed by atoms with Gasteiger partial charge >= 0.3 is 5.97 Å². The first-order chi connectivity index (χ1) is 11.3. The van der Waals surface area contributed by atoms with E-state index in [9.17, 15) is 4.79 Å². The Balaban J connectivity index is 3.19. The molecule has 3 heteroatoms. The predicted molar refractivity (Wildman–Crippen MR) is 97.7 cm³/mol. The minimum Gasteiger partial charge on any atom is -0.480 e. The molecule has 0 rings (SSSR count). The monoisotopic (exact) mass is 322 g/mol. The van der Waals surface area contributed by atoms with Gasteiger partial charge in [-0.2, -0.15) is 0 Å². The maximum Gasteiger partial charge on any atom is 0.329 e. The minimum atomic E-state index is -0.887. The van der Waals surface area contributed by atoms with Gasteiger partial charge in [-0.15, -0.1) is 0 Å². The lowest BCUT2D eigenvalue weighted by atomic mass is 10.1. The van der Waals surface area contributed by atoms with Crippen LogP contribution in [0.25, 0.3) is 0 Å². The molecule has 23 heavy (non-hydrogen) atoms. The molecule has 0 aromatic rings. The molecule has 0 aromatic heterocycles. The zero-order chi connectivity index (χ0) is 17.0. The van der Waals surface area contributed by atoms with Gasteiger partial charge in [0.1, 0.15) is 6.61 Å². The van der Waals surface area contributed by atoms with Crippen molar-refractivity contribution in [1.29, 1.82) is 0 Å². The van der Waals surface area contributed by atoms with Gasteiger partial charge in [-0.1, -0.05) is 69.1 Å². The molecule has 0 fully saturated rings. The van der Waals surface area contributed by atoms with E-state index in [0.29, 0.717) is 6.61 Å². The highest BCUT2D eigenvalue weighted by molar-refractivity contribution is 5.67. The van der Waals surface area contributed by atoms with Crippen molar-refractivity contribution in [2.24, 2.45) is 0 Å². The number of rotatable bonds is 16. The lowest BCUT2D eigenvalue weighted by molar-refractivity contribution is -0.142. The molecule has 0 aliphatic carbocycles. The summed E-state index contributed by atoms with van der Waals surface area (Å²) in [5.74, 6) is -0.887. The Morgan fingerprint density at radius 1 is 0.826 bits per heavy atom. The Hall–Kier alpha value is -1.35. The number of ether oxygens (including phenoxy) is 1. The molecule has 0 aromatic carbocycles. The van der Waals surface area contributed by atoms with Crippen LogP contribution in [0.1, 0.15) is 71.1 Å². The van der Waals surface area contributed by atoms with Gasteiger partial charge in [-0.05, 0) is 38.5 Å². The van der Waals surface area contributed by atoms with Gasteiger partial charge in [-0.25, -0.2) is 4.79 Å². The first-order valence-corrected chi connectivity index (χ1v) is 9.02. The molecule has 0 bridgehead atoms. The van der Waals surface area contributed by atoms with Crippen LogP contribution in [0, 0.1) is 0 Å². The molecule has 0 aliphatic rings. The first-order valence-electron chi connectivity index (χ1n) is 9.02. The van der Waals surface area contributed by atoms with E-state index in [4.69, 9.17) is 9.84 Å². The first kappa shape index (κ1) is 21.6. The highest BCUT2D eigenvalue weighted by Gasteiger charge is 1.95. The van der Waals surface area contributed by atoms with Crippen molar-refractivity contribution < 1.29 is 14.6 Å². The fourth-order valence-electron chi connectivity index (χ4n) is 2.16. The summed E-state index contributed by atoms with van der Waals surface area (Å²) in [5.41, 5.74) is 0. The van der Waals surface area contributed by atoms with E-state index >= 15 is 0 Å². The van der Waals surface area contributed by atoms with Crippen molar-refractivity contribution in [2.45, 2.75) is 71.1 Å². The average molecular weight is 322 g/mol. The molecule has 0 aliphatic heterocycles.